The topological polar surface area (TPSA) is 91.3 Å². The fourth-order valence-electron chi connectivity index (χ4n) is 3.97. The monoisotopic (exact) mass is 461 g/mol. The van der Waals surface area contributed by atoms with Crippen LogP contribution in [-0.4, -0.2) is 60.4 Å². The Labute approximate surface area is 193 Å². The van der Waals surface area contributed by atoms with Crippen molar-refractivity contribution in [2.24, 2.45) is 0 Å². The number of nitrogens with zero attached hydrogens (tertiary/aromatic N) is 2. The molecule has 172 valence electrons. The van der Waals surface area contributed by atoms with Crippen molar-refractivity contribution in [3.05, 3.63) is 48.5 Å². The minimum absolute atomic E-state index is 0. The standard InChI is InChI=1S/C23H27N3O5.ClH/c1-16(27)24-17-2-8-20(9-3-17)30-21-10-12-25(13-11-21)14-22-15-26(23(29)31-22)18-4-6-19(28)7-5-18;/h2-9,21-22,28H,10-15H2,1H3,(H,24,27);1H/t22-;/m0./s1. The van der Waals surface area contributed by atoms with Crippen LogP contribution < -0.4 is 15.0 Å². The summed E-state index contributed by atoms with van der Waals surface area (Å²) in [5.74, 6) is 0.864. The average Bonchev–Trinajstić information content (AvgIpc) is 3.11. The van der Waals surface area contributed by atoms with E-state index in [0.29, 0.717) is 13.1 Å². The molecular weight excluding hydrogens is 434 g/mol. The highest BCUT2D eigenvalue weighted by Gasteiger charge is 2.34. The number of aromatic hydroxyl groups is 1. The summed E-state index contributed by atoms with van der Waals surface area (Å²) in [6, 6.07) is 14.0. The molecule has 2 aliphatic rings. The lowest BCUT2D eigenvalue weighted by Crippen LogP contribution is -2.42. The number of hydrogen-bond donors (Lipinski definition) is 2. The number of likely N-dealkylation sites (tertiary alicyclic amines) is 1. The second kappa shape index (κ2) is 10.6. The Bertz CT molecular complexity index is 914. The van der Waals surface area contributed by atoms with Crippen LogP contribution in [0.4, 0.5) is 16.2 Å². The van der Waals surface area contributed by atoms with E-state index in [-0.39, 0.29) is 42.4 Å². The van der Waals surface area contributed by atoms with Crippen LogP contribution in [0, 0.1) is 0 Å². The van der Waals surface area contributed by atoms with E-state index in [2.05, 4.69) is 10.2 Å². The molecule has 4 rings (SSSR count). The van der Waals surface area contributed by atoms with Crippen molar-refractivity contribution < 1.29 is 24.2 Å². The van der Waals surface area contributed by atoms with Crippen molar-refractivity contribution in [1.82, 2.24) is 4.90 Å². The van der Waals surface area contributed by atoms with Crippen LogP contribution in [0.25, 0.3) is 0 Å². The predicted octanol–water partition coefficient (Wildman–Crippen LogP) is 3.64. The van der Waals surface area contributed by atoms with Crippen LogP contribution in [0.1, 0.15) is 19.8 Å². The lowest BCUT2D eigenvalue weighted by Gasteiger charge is -2.33. The molecule has 0 bridgehead atoms. The molecule has 2 fully saturated rings. The van der Waals surface area contributed by atoms with Gasteiger partial charge in [0.2, 0.25) is 5.91 Å². The Morgan fingerprint density at radius 3 is 2.41 bits per heavy atom. The van der Waals surface area contributed by atoms with Crippen LogP contribution in [0.3, 0.4) is 0 Å². The molecule has 2 aromatic carbocycles. The van der Waals surface area contributed by atoms with Crippen molar-refractivity contribution in [1.29, 1.82) is 0 Å². The average molecular weight is 462 g/mol. The highest BCUT2D eigenvalue weighted by molar-refractivity contribution is 5.90. The number of hydrogen-bond acceptors (Lipinski definition) is 6. The second-order valence-electron chi connectivity index (χ2n) is 7.96. The van der Waals surface area contributed by atoms with Gasteiger partial charge < -0.3 is 19.9 Å². The third kappa shape index (κ3) is 6.05. The summed E-state index contributed by atoms with van der Waals surface area (Å²) in [6.07, 6.45) is 1.41. The molecule has 2 N–H and O–H groups in total. The molecule has 2 heterocycles. The van der Waals surface area contributed by atoms with Gasteiger partial charge in [0.05, 0.1) is 6.54 Å². The molecule has 8 nitrogen and oxygen atoms in total. The third-order valence-electron chi connectivity index (χ3n) is 5.51. The molecule has 9 heteroatoms. The van der Waals surface area contributed by atoms with Gasteiger partial charge in [-0.15, -0.1) is 12.4 Å². The van der Waals surface area contributed by atoms with Gasteiger partial charge in [-0.2, -0.15) is 0 Å². The molecular formula is C23H28ClN3O5. The summed E-state index contributed by atoms with van der Waals surface area (Å²) in [7, 11) is 0. The van der Waals surface area contributed by atoms with E-state index < -0.39 is 0 Å². The summed E-state index contributed by atoms with van der Waals surface area (Å²) in [5, 5.41) is 12.2. The highest BCUT2D eigenvalue weighted by atomic mass is 35.5. The number of carbonyl (C=O) groups is 2. The smallest absolute Gasteiger partial charge is 0.414 e. The second-order valence-corrected chi connectivity index (χ2v) is 7.96. The van der Waals surface area contributed by atoms with E-state index in [1.807, 2.05) is 24.3 Å². The maximum absolute atomic E-state index is 12.2. The van der Waals surface area contributed by atoms with E-state index >= 15 is 0 Å². The van der Waals surface area contributed by atoms with E-state index in [0.717, 1.165) is 43.1 Å². The van der Waals surface area contributed by atoms with Crippen molar-refractivity contribution in [2.45, 2.75) is 32.0 Å². The van der Waals surface area contributed by atoms with Gasteiger partial charge in [-0.1, -0.05) is 0 Å². The van der Waals surface area contributed by atoms with Crippen LogP contribution in [0.2, 0.25) is 0 Å². The van der Waals surface area contributed by atoms with E-state index in [1.165, 1.54) is 6.92 Å². The van der Waals surface area contributed by atoms with Crippen molar-refractivity contribution in [3.8, 4) is 11.5 Å². The molecule has 2 saturated heterocycles. The molecule has 2 aromatic rings. The number of cyclic esters (lactones) is 1. The molecule has 0 radical (unpaired) electrons. The molecule has 0 spiro atoms. The summed E-state index contributed by atoms with van der Waals surface area (Å²) >= 11 is 0. The van der Waals surface area contributed by atoms with E-state index in [9.17, 15) is 14.7 Å². The van der Waals surface area contributed by atoms with Crippen LogP contribution in [-0.2, 0) is 9.53 Å². The van der Waals surface area contributed by atoms with Crippen molar-refractivity contribution >= 4 is 35.8 Å². The van der Waals surface area contributed by atoms with Gasteiger partial charge in [0.25, 0.3) is 0 Å². The SMILES string of the molecule is CC(=O)Nc1ccc(OC2CCN(C[C@H]3CN(c4ccc(O)cc4)C(=O)O3)CC2)cc1.Cl. The Balaban J connectivity index is 0.00000289. The zero-order valence-electron chi connectivity index (χ0n) is 17.9. The van der Waals surface area contributed by atoms with Gasteiger partial charge in [0.1, 0.15) is 23.7 Å². The third-order valence-corrected chi connectivity index (χ3v) is 5.51. The first-order valence-corrected chi connectivity index (χ1v) is 10.5. The normalized spacial score (nSPS) is 19.2. The number of halogens is 1. The Morgan fingerprint density at radius 2 is 1.78 bits per heavy atom. The zero-order valence-corrected chi connectivity index (χ0v) is 18.7. The molecule has 0 aromatic heterocycles. The number of nitrogens with one attached hydrogen (secondary N) is 1. The molecule has 0 aliphatic carbocycles. The summed E-state index contributed by atoms with van der Waals surface area (Å²) in [4.78, 5) is 27.2. The van der Waals surface area contributed by atoms with Crippen LogP contribution in [0.15, 0.2) is 48.5 Å². The van der Waals surface area contributed by atoms with Gasteiger partial charge in [-0.05, 0) is 61.4 Å². The minimum Gasteiger partial charge on any atom is -0.508 e. The molecule has 1 atom stereocenters. The van der Waals surface area contributed by atoms with E-state index in [4.69, 9.17) is 9.47 Å². The minimum atomic E-state index is -0.350. The van der Waals surface area contributed by atoms with Crippen LogP contribution >= 0.6 is 12.4 Å². The van der Waals surface area contributed by atoms with Crippen molar-refractivity contribution in [3.63, 3.8) is 0 Å². The summed E-state index contributed by atoms with van der Waals surface area (Å²) in [5.41, 5.74) is 1.48. The van der Waals surface area contributed by atoms with Gasteiger partial charge in [-0.3, -0.25) is 14.6 Å². The quantitative estimate of drug-likeness (QED) is 0.682. The number of piperidine rings is 1. The van der Waals surface area contributed by atoms with Crippen molar-refractivity contribution in [2.75, 3.05) is 36.4 Å². The van der Waals surface area contributed by atoms with Crippen LogP contribution in [0.5, 0.6) is 11.5 Å². The number of carbonyl (C=O) groups excluding carboxylic acids is 2. The number of anilines is 2. The Morgan fingerprint density at radius 1 is 1.12 bits per heavy atom. The number of amides is 2. The number of phenolic OH excluding ortho intramolecular Hbond substituents is 1. The largest absolute Gasteiger partial charge is 0.508 e. The number of ether oxygens (including phenoxy) is 2. The van der Waals surface area contributed by atoms with Gasteiger partial charge in [-0.25, -0.2) is 4.79 Å². The highest BCUT2D eigenvalue weighted by Crippen LogP contribution is 2.25. The molecule has 2 aliphatic heterocycles. The Kier molecular flexibility index (Phi) is 7.82. The fourth-order valence-corrected chi connectivity index (χ4v) is 3.97. The zero-order chi connectivity index (χ0) is 21.8. The lowest BCUT2D eigenvalue weighted by molar-refractivity contribution is -0.114. The number of phenols is 1. The Hall–Kier alpha value is -2.97. The first kappa shape index (κ1) is 23.7. The first-order chi connectivity index (χ1) is 15.0. The van der Waals surface area contributed by atoms with Gasteiger partial charge in [0.15, 0.2) is 0 Å². The predicted molar refractivity (Wildman–Crippen MR) is 124 cm³/mol. The fraction of sp³-hybridized carbons (Fsp3) is 0.391. The van der Waals surface area contributed by atoms with Gasteiger partial charge >= 0.3 is 6.09 Å². The van der Waals surface area contributed by atoms with E-state index in [1.54, 1.807) is 29.2 Å². The molecule has 0 unspecified atom stereocenters. The van der Waals surface area contributed by atoms with Gasteiger partial charge in [0, 0.05) is 37.9 Å². The lowest BCUT2D eigenvalue weighted by atomic mass is 10.1. The summed E-state index contributed by atoms with van der Waals surface area (Å²) < 4.78 is 11.6. The number of benzene rings is 2. The maximum Gasteiger partial charge on any atom is 0.414 e. The number of rotatable bonds is 6. The summed E-state index contributed by atoms with van der Waals surface area (Å²) in [6.45, 7) is 4.43. The molecule has 2 amide bonds. The molecule has 0 saturated carbocycles. The maximum atomic E-state index is 12.2. The first-order valence-electron chi connectivity index (χ1n) is 10.5. The molecule has 32 heavy (non-hydrogen) atoms.